The number of benzene rings is 1. The number of anilines is 1. The van der Waals surface area contributed by atoms with Gasteiger partial charge in [0.2, 0.25) is 35.8 Å². The molecule has 1 aromatic rings. The van der Waals surface area contributed by atoms with Gasteiger partial charge in [-0.15, -0.1) is 0 Å². The second kappa shape index (κ2) is 27.2. The third kappa shape index (κ3) is 19.7. The molecule has 6 amide bonds. The van der Waals surface area contributed by atoms with Crippen LogP contribution in [0.5, 0.6) is 5.75 Å². The molecule has 362 valence electrons. The third-order valence-corrected chi connectivity index (χ3v) is 9.94. The molecular formula is C38H60N6O19S. The van der Waals surface area contributed by atoms with Crippen LogP contribution in [-0.2, 0) is 64.4 Å². The Hall–Kier alpha value is -5.22. The summed E-state index contributed by atoms with van der Waals surface area (Å²) in [5.41, 5.74) is 5.18. The van der Waals surface area contributed by atoms with Crippen LogP contribution < -0.4 is 37.1 Å². The van der Waals surface area contributed by atoms with Gasteiger partial charge in [0, 0.05) is 19.4 Å². The number of hydrogen-bond acceptors (Lipinski definition) is 17. The normalized spacial score (nSPS) is 19.9. The molecule has 0 saturated carbocycles. The van der Waals surface area contributed by atoms with Crippen LogP contribution in [0.1, 0.15) is 65.4 Å². The number of aliphatic hydroxyl groups excluding tert-OH is 3. The molecule has 1 aliphatic rings. The Morgan fingerprint density at radius 1 is 0.828 bits per heavy atom. The molecule has 1 aromatic carbocycles. The Morgan fingerprint density at radius 2 is 1.48 bits per heavy atom. The van der Waals surface area contributed by atoms with Crippen molar-refractivity contribution in [1.29, 1.82) is 0 Å². The minimum absolute atomic E-state index is 0.0133. The summed E-state index contributed by atoms with van der Waals surface area (Å²) in [5, 5.41) is 52.5. The second-order valence-corrected chi connectivity index (χ2v) is 16.4. The van der Waals surface area contributed by atoms with Gasteiger partial charge in [0.1, 0.15) is 54.5 Å². The van der Waals surface area contributed by atoms with Gasteiger partial charge in [-0.1, -0.05) is 39.7 Å². The first-order chi connectivity index (χ1) is 30.0. The summed E-state index contributed by atoms with van der Waals surface area (Å²) in [6.07, 6.45) is -8.87. The smallest absolute Gasteiger partial charge is 0.404 e. The van der Waals surface area contributed by atoms with E-state index in [-0.39, 0.29) is 69.4 Å². The lowest BCUT2D eigenvalue weighted by Gasteiger charge is -2.38. The van der Waals surface area contributed by atoms with Gasteiger partial charge in [0.25, 0.3) is 10.1 Å². The highest BCUT2D eigenvalue weighted by Crippen LogP contribution is 2.31. The molecule has 0 aliphatic carbocycles. The first-order valence-corrected chi connectivity index (χ1v) is 21.9. The van der Waals surface area contributed by atoms with Crippen LogP contribution in [0.3, 0.4) is 0 Å². The molecule has 1 saturated heterocycles. The highest BCUT2D eigenvalue weighted by molar-refractivity contribution is 7.85. The summed E-state index contributed by atoms with van der Waals surface area (Å²) < 4.78 is 58.3. The highest BCUT2D eigenvalue weighted by atomic mass is 32.2. The van der Waals surface area contributed by atoms with Crippen molar-refractivity contribution in [3.8, 4) is 5.75 Å². The van der Waals surface area contributed by atoms with Gasteiger partial charge in [-0.25, -0.2) is 9.59 Å². The van der Waals surface area contributed by atoms with Gasteiger partial charge < -0.3 is 76.4 Å². The Bertz CT molecular complexity index is 1850. The number of primary amides is 1. The van der Waals surface area contributed by atoms with Crippen LogP contribution >= 0.6 is 0 Å². The largest absolute Gasteiger partial charge is 0.479 e. The van der Waals surface area contributed by atoms with Gasteiger partial charge in [0.05, 0.1) is 32.1 Å². The molecule has 8 atom stereocenters. The van der Waals surface area contributed by atoms with Crippen LogP contribution in [0.25, 0.3) is 0 Å². The van der Waals surface area contributed by atoms with Gasteiger partial charge in [-0.05, 0) is 37.0 Å². The number of hydrogen-bond donors (Lipinski definition) is 11. The van der Waals surface area contributed by atoms with E-state index in [1.165, 1.54) is 25.1 Å². The van der Waals surface area contributed by atoms with E-state index in [0.717, 1.165) is 12.8 Å². The van der Waals surface area contributed by atoms with Crippen LogP contribution in [0.15, 0.2) is 18.2 Å². The van der Waals surface area contributed by atoms with E-state index < -0.39 is 112 Å². The van der Waals surface area contributed by atoms with Gasteiger partial charge >= 0.3 is 12.1 Å². The molecule has 64 heavy (non-hydrogen) atoms. The van der Waals surface area contributed by atoms with E-state index in [4.69, 9.17) is 29.4 Å². The molecule has 2 rings (SSSR count). The SMILES string of the molecule is CCCCCC(=O)N[C@@H](CS(=O)(=O)O)C(=O)NCCOCCOCCC(=O)N[C@H](C(=O)N[C@@H](C)C(=O)Nc1ccc(COC(N)=O)cc1O[C@@H]1O[C@H](C(=O)O)[C@@H](O)[C@H](O)[C@H]1O)C(C)C. The van der Waals surface area contributed by atoms with Crippen molar-refractivity contribution >= 4 is 57.4 Å². The average Bonchev–Trinajstić information content (AvgIpc) is 3.21. The maximum absolute atomic E-state index is 13.3. The maximum atomic E-state index is 13.3. The van der Waals surface area contributed by atoms with Crippen molar-refractivity contribution in [3.63, 3.8) is 0 Å². The highest BCUT2D eigenvalue weighted by Gasteiger charge is 2.48. The predicted molar refractivity (Wildman–Crippen MR) is 221 cm³/mol. The standard InChI is InChI=1S/C38H60N6O19S/c1-5-6-7-8-26(45)42-24(19-64(56,57)58)34(51)40-12-14-60-16-15-59-13-11-27(46)44-28(20(2)3)35(52)41-21(4)33(50)43-23-10-9-22(18-61-38(39)55)17-25(23)62-37-31(49)29(47)30(48)32(63-37)36(53)54/h9-10,17,20-21,24,28-32,37,47-49H,5-8,11-16,18-19H2,1-4H3,(H2,39,55)(H,40,51)(H,41,52)(H,42,45)(H,43,50)(H,44,46)(H,53,54)(H,56,57,58)/t21-,24-,28-,29-,30-,31+,32-,37+/m0/s1. The molecule has 0 aromatic heterocycles. The van der Waals surface area contributed by atoms with Crippen molar-refractivity contribution in [2.24, 2.45) is 11.7 Å². The minimum atomic E-state index is -4.57. The monoisotopic (exact) mass is 936 g/mol. The van der Waals surface area contributed by atoms with Crippen LogP contribution in [0, 0.1) is 5.92 Å². The van der Waals surface area contributed by atoms with Crippen LogP contribution in [0.2, 0.25) is 0 Å². The number of nitrogens with two attached hydrogens (primary N) is 1. The van der Waals surface area contributed by atoms with Crippen molar-refractivity contribution in [2.75, 3.05) is 44.0 Å². The second-order valence-electron chi connectivity index (χ2n) is 14.9. The van der Waals surface area contributed by atoms with Gasteiger partial charge in [0.15, 0.2) is 6.10 Å². The Balaban J connectivity index is 1.88. The fourth-order valence-electron chi connectivity index (χ4n) is 5.73. The number of carboxylic acid groups (broad SMARTS) is 1. The molecule has 0 unspecified atom stereocenters. The number of aliphatic carboxylic acids is 1. The van der Waals surface area contributed by atoms with E-state index in [0.29, 0.717) is 6.42 Å². The van der Waals surface area contributed by atoms with Gasteiger partial charge in [-0.2, -0.15) is 8.42 Å². The summed E-state index contributed by atoms with van der Waals surface area (Å²) in [7, 11) is -4.57. The summed E-state index contributed by atoms with van der Waals surface area (Å²) in [5.74, 6) is -6.82. The lowest BCUT2D eigenvalue weighted by atomic mass is 9.99. The van der Waals surface area contributed by atoms with E-state index in [1.54, 1.807) is 13.8 Å². The Labute approximate surface area is 369 Å². The van der Waals surface area contributed by atoms with Crippen LogP contribution in [0.4, 0.5) is 10.5 Å². The van der Waals surface area contributed by atoms with Crippen molar-refractivity contribution in [1.82, 2.24) is 21.3 Å². The molecule has 0 bridgehead atoms. The first-order valence-electron chi connectivity index (χ1n) is 20.3. The molecule has 1 aliphatic heterocycles. The number of nitrogens with one attached hydrogen (secondary N) is 5. The fraction of sp³-hybridized carbons (Fsp3) is 0.658. The summed E-state index contributed by atoms with van der Waals surface area (Å²) in [6.45, 7) is 6.18. The first kappa shape index (κ1) is 54.9. The summed E-state index contributed by atoms with van der Waals surface area (Å²) in [6, 6.07) is 0.0768. The number of rotatable bonds is 28. The lowest BCUT2D eigenvalue weighted by molar-refractivity contribution is -0.271. The van der Waals surface area contributed by atoms with Crippen molar-refractivity contribution < 1.29 is 90.6 Å². The van der Waals surface area contributed by atoms with Crippen molar-refractivity contribution in [2.45, 2.75) is 115 Å². The molecule has 0 spiro atoms. The molecular weight excluding hydrogens is 877 g/mol. The zero-order chi connectivity index (χ0) is 48.1. The van der Waals surface area contributed by atoms with E-state index >= 15 is 0 Å². The fourth-order valence-corrected chi connectivity index (χ4v) is 6.38. The number of carboxylic acids is 1. The molecule has 1 heterocycles. The molecule has 25 nitrogen and oxygen atoms in total. The maximum Gasteiger partial charge on any atom is 0.404 e. The van der Waals surface area contributed by atoms with E-state index in [2.05, 4.69) is 26.6 Å². The third-order valence-electron chi connectivity index (χ3n) is 9.19. The topological polar surface area (TPSA) is 387 Å². The quantitative estimate of drug-likeness (QED) is 0.0309. The summed E-state index contributed by atoms with van der Waals surface area (Å²) >= 11 is 0. The van der Waals surface area contributed by atoms with Crippen molar-refractivity contribution in [3.05, 3.63) is 23.8 Å². The number of ether oxygens (including phenoxy) is 5. The predicted octanol–water partition coefficient (Wildman–Crippen LogP) is -2.37. The average molecular weight is 937 g/mol. The Morgan fingerprint density at radius 3 is 2.09 bits per heavy atom. The summed E-state index contributed by atoms with van der Waals surface area (Å²) in [4.78, 5) is 86.6. The minimum Gasteiger partial charge on any atom is -0.479 e. The lowest BCUT2D eigenvalue weighted by Crippen LogP contribution is -2.61. The molecule has 26 heteroatoms. The number of amides is 6. The van der Waals surface area contributed by atoms with Crippen LogP contribution in [-0.4, -0.2) is 163 Å². The Kier molecular flexibility index (Phi) is 23.3. The zero-order valence-electron chi connectivity index (χ0n) is 35.9. The number of carbonyl (C=O) groups excluding carboxylic acids is 6. The van der Waals surface area contributed by atoms with E-state index in [9.17, 15) is 67.0 Å². The molecule has 1 fully saturated rings. The molecule has 12 N–H and O–H groups in total. The number of unbranched alkanes of at least 4 members (excludes halogenated alkanes) is 2. The molecule has 0 radical (unpaired) electrons. The number of aliphatic hydroxyl groups is 3. The van der Waals surface area contributed by atoms with E-state index in [1.807, 2.05) is 6.92 Å². The number of carbonyl (C=O) groups is 7. The zero-order valence-corrected chi connectivity index (χ0v) is 36.7. The van der Waals surface area contributed by atoms with Gasteiger partial charge in [-0.3, -0.25) is 28.5 Å².